The molecule has 3 bridgehead atoms. The second-order valence-electron chi connectivity index (χ2n) is 13.3. The van der Waals surface area contributed by atoms with Crippen molar-refractivity contribution in [1.82, 2.24) is 15.5 Å². The lowest BCUT2D eigenvalue weighted by Crippen LogP contribution is -2.55. The average molecular weight is 520 g/mol. The van der Waals surface area contributed by atoms with Crippen LogP contribution in [0.15, 0.2) is 24.3 Å². The third-order valence-corrected chi connectivity index (χ3v) is 10.8. The second kappa shape index (κ2) is 11.0. The van der Waals surface area contributed by atoms with Crippen LogP contribution in [0.1, 0.15) is 93.0 Å². The van der Waals surface area contributed by atoms with E-state index in [-0.39, 0.29) is 35.7 Å². The average Bonchev–Trinajstić information content (AvgIpc) is 3.13. The van der Waals surface area contributed by atoms with Crippen LogP contribution in [-0.2, 0) is 9.59 Å². The molecule has 6 rings (SSSR count). The molecule has 5 aliphatic rings. The number of nitrogens with one attached hydrogen (secondary N) is 2. The highest BCUT2D eigenvalue weighted by Crippen LogP contribution is 2.54. The van der Waals surface area contributed by atoms with Crippen LogP contribution in [-0.4, -0.2) is 47.8 Å². The molecule has 0 radical (unpaired) electrons. The monoisotopic (exact) mass is 519 g/mol. The van der Waals surface area contributed by atoms with E-state index in [0.717, 1.165) is 80.6 Å². The summed E-state index contributed by atoms with van der Waals surface area (Å²) in [5.74, 6) is 3.94. The molecule has 3 amide bonds. The number of fused-ring (bicyclic) bond motifs is 2. The summed E-state index contributed by atoms with van der Waals surface area (Å²) in [5, 5.41) is 6.52. The molecule has 0 aromatic heterocycles. The maximum atomic E-state index is 13.5. The Hall–Kier alpha value is -2.37. The van der Waals surface area contributed by atoms with E-state index < -0.39 is 0 Å². The summed E-state index contributed by atoms with van der Waals surface area (Å²) in [6.07, 6.45) is 13.1. The summed E-state index contributed by atoms with van der Waals surface area (Å²) in [6.45, 7) is 3.36. The molecule has 1 heterocycles. The van der Waals surface area contributed by atoms with E-state index in [0.29, 0.717) is 24.6 Å². The quantitative estimate of drug-likeness (QED) is 0.584. The Balaban J connectivity index is 1.00. The van der Waals surface area contributed by atoms with Crippen molar-refractivity contribution in [2.45, 2.75) is 96.1 Å². The van der Waals surface area contributed by atoms with Crippen molar-refractivity contribution in [3.8, 4) is 0 Å². The maximum absolute atomic E-state index is 13.5. The first kappa shape index (κ1) is 25.9. The molecule has 2 N–H and O–H groups in total. The number of benzene rings is 1. The minimum Gasteiger partial charge on any atom is -0.351 e. The Morgan fingerprint density at radius 3 is 2.08 bits per heavy atom. The number of likely N-dealkylation sites (tertiary alicyclic amines) is 1. The molecule has 1 saturated heterocycles. The highest BCUT2D eigenvalue weighted by molar-refractivity contribution is 5.95. The van der Waals surface area contributed by atoms with E-state index in [9.17, 15) is 14.4 Å². The van der Waals surface area contributed by atoms with Gasteiger partial charge in [0, 0.05) is 42.6 Å². The van der Waals surface area contributed by atoms with Crippen LogP contribution in [0, 0.1) is 42.4 Å². The zero-order valence-corrected chi connectivity index (χ0v) is 23.0. The molecule has 0 spiro atoms. The molecule has 1 aromatic carbocycles. The third-order valence-electron chi connectivity index (χ3n) is 10.8. The standard InChI is InChI=1S/C32H45N3O3/c1-20-6-2-3-7-27(20)31(37)34-29-9-5-4-8-28(29)33-30(36)23-10-12-35(13-11-23)32(38)26-18-22-14-21-15-24(16-22)25(17-21)19-26/h2-3,6-7,21-26,28-29H,4-5,8-19H2,1H3,(H,33,36)(H,34,37). The fourth-order valence-corrected chi connectivity index (χ4v) is 8.83. The molecule has 4 aliphatic carbocycles. The number of hydrogen-bond acceptors (Lipinski definition) is 3. The molecule has 206 valence electrons. The predicted molar refractivity (Wildman–Crippen MR) is 147 cm³/mol. The number of rotatable bonds is 5. The van der Waals surface area contributed by atoms with Gasteiger partial charge in [0.05, 0.1) is 0 Å². The molecule has 38 heavy (non-hydrogen) atoms. The molecule has 4 saturated carbocycles. The summed E-state index contributed by atoms with van der Waals surface area (Å²) in [4.78, 5) is 41.8. The molecule has 7 atom stereocenters. The Morgan fingerprint density at radius 2 is 1.37 bits per heavy atom. The van der Waals surface area contributed by atoms with Crippen molar-refractivity contribution < 1.29 is 14.4 Å². The first-order valence-corrected chi connectivity index (χ1v) is 15.4. The fraction of sp³-hybridized carbons (Fsp3) is 0.719. The predicted octanol–water partition coefficient (Wildman–Crippen LogP) is 4.85. The Labute approximate surface area is 227 Å². The molecule has 1 aliphatic heterocycles. The van der Waals surface area contributed by atoms with E-state index in [4.69, 9.17) is 0 Å². The van der Waals surface area contributed by atoms with Gasteiger partial charge >= 0.3 is 0 Å². The summed E-state index contributed by atoms with van der Waals surface area (Å²) >= 11 is 0. The molecule has 6 nitrogen and oxygen atoms in total. The van der Waals surface area contributed by atoms with Crippen molar-refractivity contribution in [3.05, 3.63) is 35.4 Å². The Bertz CT molecular complexity index is 1050. The lowest BCUT2D eigenvalue weighted by molar-refractivity contribution is -0.140. The van der Waals surface area contributed by atoms with Gasteiger partial charge in [-0.1, -0.05) is 31.0 Å². The number of carbonyl (C=O) groups is 3. The highest BCUT2D eigenvalue weighted by Gasteiger charge is 2.46. The van der Waals surface area contributed by atoms with Crippen LogP contribution in [0.2, 0.25) is 0 Å². The second-order valence-corrected chi connectivity index (χ2v) is 13.3. The van der Waals surface area contributed by atoms with Gasteiger partial charge in [0.15, 0.2) is 0 Å². The topological polar surface area (TPSA) is 78.5 Å². The van der Waals surface area contributed by atoms with Gasteiger partial charge in [-0.3, -0.25) is 14.4 Å². The molecule has 1 aromatic rings. The zero-order valence-electron chi connectivity index (χ0n) is 23.0. The van der Waals surface area contributed by atoms with Crippen molar-refractivity contribution in [1.29, 1.82) is 0 Å². The van der Waals surface area contributed by atoms with Gasteiger partial charge in [0.2, 0.25) is 11.8 Å². The van der Waals surface area contributed by atoms with Crippen molar-refractivity contribution in [2.24, 2.45) is 35.5 Å². The summed E-state index contributed by atoms with van der Waals surface area (Å²) in [7, 11) is 0. The molecule has 6 heteroatoms. The van der Waals surface area contributed by atoms with E-state index in [1.807, 2.05) is 31.2 Å². The molecular formula is C32H45N3O3. The van der Waals surface area contributed by atoms with Crippen molar-refractivity contribution in [3.63, 3.8) is 0 Å². The lowest BCUT2D eigenvalue weighted by atomic mass is 9.78. The van der Waals surface area contributed by atoms with Crippen molar-refractivity contribution >= 4 is 17.7 Å². The molecule has 5 fully saturated rings. The first-order chi connectivity index (χ1) is 18.4. The van der Waals surface area contributed by atoms with Crippen molar-refractivity contribution in [2.75, 3.05) is 13.1 Å². The van der Waals surface area contributed by atoms with Crippen LogP contribution in [0.4, 0.5) is 0 Å². The number of nitrogens with zero attached hydrogens (tertiary/aromatic N) is 1. The zero-order chi connectivity index (χ0) is 26.2. The largest absolute Gasteiger partial charge is 0.351 e. The molecule has 7 unspecified atom stereocenters. The summed E-state index contributed by atoms with van der Waals surface area (Å²) in [5.41, 5.74) is 1.67. The number of carbonyl (C=O) groups excluding carboxylic acids is 3. The van der Waals surface area contributed by atoms with Crippen LogP contribution in [0.5, 0.6) is 0 Å². The first-order valence-electron chi connectivity index (χ1n) is 15.4. The van der Waals surface area contributed by atoms with E-state index in [1.54, 1.807) is 0 Å². The van der Waals surface area contributed by atoms with Crippen LogP contribution < -0.4 is 10.6 Å². The van der Waals surface area contributed by atoms with E-state index >= 15 is 0 Å². The molecular weight excluding hydrogens is 474 g/mol. The van der Waals surface area contributed by atoms with Gasteiger partial charge < -0.3 is 15.5 Å². The van der Waals surface area contributed by atoms with Crippen LogP contribution in [0.25, 0.3) is 0 Å². The summed E-state index contributed by atoms with van der Waals surface area (Å²) in [6, 6.07) is 7.58. The maximum Gasteiger partial charge on any atom is 0.251 e. The van der Waals surface area contributed by atoms with Gasteiger partial charge in [-0.15, -0.1) is 0 Å². The Kier molecular flexibility index (Phi) is 7.50. The summed E-state index contributed by atoms with van der Waals surface area (Å²) < 4.78 is 0. The van der Waals surface area contributed by atoms with Gasteiger partial charge in [0.25, 0.3) is 5.91 Å². The van der Waals surface area contributed by atoms with E-state index in [1.165, 1.54) is 25.7 Å². The number of aryl methyl sites for hydroxylation is 1. The van der Waals surface area contributed by atoms with Gasteiger partial charge in [-0.05, 0) is 106 Å². The SMILES string of the molecule is Cc1ccccc1C(=O)NC1CCCCC1NC(=O)C1CCN(C(=O)C2CC3CC4CC(C3)C(C4)C2)CC1. The minimum atomic E-state index is -0.0547. The smallest absolute Gasteiger partial charge is 0.251 e. The van der Waals surface area contributed by atoms with Crippen LogP contribution in [0.3, 0.4) is 0 Å². The number of piperidine rings is 1. The van der Waals surface area contributed by atoms with E-state index in [2.05, 4.69) is 15.5 Å². The van der Waals surface area contributed by atoms with Gasteiger partial charge in [0.1, 0.15) is 0 Å². The van der Waals surface area contributed by atoms with Gasteiger partial charge in [-0.25, -0.2) is 0 Å². The minimum absolute atomic E-state index is 0.0273. The fourth-order valence-electron chi connectivity index (χ4n) is 8.83. The Morgan fingerprint density at radius 1 is 0.737 bits per heavy atom. The lowest BCUT2D eigenvalue weighted by Gasteiger charge is -2.37. The van der Waals surface area contributed by atoms with Gasteiger partial charge in [-0.2, -0.15) is 0 Å². The highest BCUT2D eigenvalue weighted by atomic mass is 16.2. The van der Waals surface area contributed by atoms with Crippen LogP contribution >= 0.6 is 0 Å². The number of amides is 3. The number of hydrogen-bond donors (Lipinski definition) is 2. The third kappa shape index (κ3) is 5.37. The normalized spacial score (nSPS) is 35.0.